The predicted octanol–water partition coefficient (Wildman–Crippen LogP) is 4.15. The van der Waals surface area contributed by atoms with Crippen molar-refractivity contribution in [1.82, 2.24) is 4.98 Å². The molecule has 0 fully saturated rings. The largest absolute Gasteiger partial charge is 0.250 e. The monoisotopic (exact) mass is 219 g/mol. The molecule has 0 atom stereocenters. The Hall–Kier alpha value is -1.15. The van der Waals surface area contributed by atoms with Crippen LogP contribution in [0.5, 0.6) is 0 Å². The van der Waals surface area contributed by atoms with Gasteiger partial charge in [-0.1, -0.05) is 36.0 Å². The lowest BCUT2D eigenvalue weighted by atomic mass is 10.1. The highest BCUT2D eigenvalue weighted by Crippen LogP contribution is 2.11. The minimum absolute atomic E-state index is 1.02. The Bertz CT molecular complexity index is 358. The zero-order valence-electron chi connectivity index (χ0n) is 9.36. The molecule has 0 aromatic carbocycles. The minimum Gasteiger partial charge on any atom is -0.250 e. The first-order valence-corrected chi connectivity index (χ1v) is 6.02. The summed E-state index contributed by atoms with van der Waals surface area (Å²) >= 11 is 1.65. The summed E-state index contributed by atoms with van der Waals surface area (Å²) in [6.07, 6.45) is 8.39. The summed E-state index contributed by atoms with van der Waals surface area (Å²) in [7, 11) is 0. The van der Waals surface area contributed by atoms with E-state index in [0.29, 0.717) is 0 Å². The smallest absolute Gasteiger partial charge is 0.0794 e. The summed E-state index contributed by atoms with van der Waals surface area (Å²) in [5.41, 5.74) is 5.49. The molecule has 0 unspecified atom stereocenters. The van der Waals surface area contributed by atoms with Gasteiger partial charge in [0.2, 0.25) is 0 Å². The Morgan fingerprint density at radius 2 is 2.33 bits per heavy atom. The molecule has 1 aromatic heterocycles. The zero-order valence-corrected chi connectivity index (χ0v) is 10.2. The standard InChI is InChI=1S/C13H17NS/c1-4-12(6-5-11(2)3)7-8-13-9-15-10-14-13/h4-6,9-10H,2,7-8H2,1,3H3/b6-5-,12-4+. The maximum Gasteiger partial charge on any atom is 0.0794 e. The molecule has 1 rings (SSSR count). The predicted molar refractivity (Wildman–Crippen MR) is 68.1 cm³/mol. The van der Waals surface area contributed by atoms with Crippen LogP contribution in [0.4, 0.5) is 0 Å². The first-order chi connectivity index (χ1) is 7.22. The van der Waals surface area contributed by atoms with Gasteiger partial charge in [-0.2, -0.15) is 0 Å². The van der Waals surface area contributed by atoms with Crippen LogP contribution in [0.2, 0.25) is 0 Å². The van der Waals surface area contributed by atoms with Gasteiger partial charge in [-0.25, -0.2) is 4.98 Å². The second-order valence-electron chi connectivity index (χ2n) is 3.52. The quantitative estimate of drug-likeness (QED) is 0.678. The van der Waals surface area contributed by atoms with Gasteiger partial charge < -0.3 is 0 Å². The van der Waals surface area contributed by atoms with Crippen molar-refractivity contribution in [2.24, 2.45) is 0 Å². The van der Waals surface area contributed by atoms with Gasteiger partial charge in [0.15, 0.2) is 0 Å². The van der Waals surface area contributed by atoms with E-state index in [0.717, 1.165) is 18.4 Å². The Morgan fingerprint density at radius 1 is 1.53 bits per heavy atom. The Balaban J connectivity index is 2.45. The summed E-state index contributed by atoms with van der Waals surface area (Å²) in [5.74, 6) is 0. The highest BCUT2D eigenvalue weighted by Gasteiger charge is 1.96. The summed E-state index contributed by atoms with van der Waals surface area (Å²) < 4.78 is 0. The lowest BCUT2D eigenvalue weighted by molar-refractivity contribution is 0.928. The molecule has 0 N–H and O–H groups in total. The molecular formula is C13H17NS. The van der Waals surface area contributed by atoms with Crippen molar-refractivity contribution in [3.05, 3.63) is 52.5 Å². The summed E-state index contributed by atoms with van der Waals surface area (Å²) in [6.45, 7) is 7.92. The molecule has 0 aliphatic heterocycles. The number of aryl methyl sites for hydroxylation is 1. The van der Waals surface area contributed by atoms with Crippen LogP contribution in [0, 0.1) is 0 Å². The van der Waals surface area contributed by atoms with Crippen LogP contribution in [-0.2, 0) is 6.42 Å². The van der Waals surface area contributed by atoms with Crippen LogP contribution in [0.3, 0.4) is 0 Å². The molecule has 0 spiro atoms. The molecule has 15 heavy (non-hydrogen) atoms. The molecule has 0 aliphatic carbocycles. The SMILES string of the molecule is C=C(C)/C=C\C(=C/C)CCc1cscn1. The van der Waals surface area contributed by atoms with Crippen molar-refractivity contribution in [2.75, 3.05) is 0 Å². The fourth-order valence-corrected chi connectivity index (χ4v) is 1.80. The highest BCUT2D eigenvalue weighted by molar-refractivity contribution is 7.07. The average molecular weight is 219 g/mol. The maximum atomic E-state index is 4.27. The summed E-state index contributed by atoms with van der Waals surface area (Å²) in [5, 5.41) is 2.11. The van der Waals surface area contributed by atoms with E-state index < -0.39 is 0 Å². The Labute approximate surface area is 95.9 Å². The van der Waals surface area contributed by atoms with Crippen LogP contribution in [0.25, 0.3) is 0 Å². The van der Waals surface area contributed by atoms with Crippen molar-refractivity contribution >= 4 is 11.3 Å². The van der Waals surface area contributed by atoms with Crippen LogP contribution in [-0.4, -0.2) is 4.98 Å². The van der Waals surface area contributed by atoms with Crippen molar-refractivity contribution in [3.8, 4) is 0 Å². The molecular weight excluding hydrogens is 202 g/mol. The molecule has 1 aromatic rings. The van der Waals surface area contributed by atoms with Gasteiger partial charge in [0.05, 0.1) is 11.2 Å². The van der Waals surface area contributed by atoms with Gasteiger partial charge in [0, 0.05) is 5.38 Å². The van der Waals surface area contributed by atoms with E-state index in [1.165, 1.54) is 11.3 Å². The molecule has 0 aliphatic rings. The van der Waals surface area contributed by atoms with Crippen LogP contribution < -0.4 is 0 Å². The van der Waals surface area contributed by atoms with Gasteiger partial charge in [-0.3, -0.25) is 0 Å². The number of aromatic nitrogens is 1. The van der Waals surface area contributed by atoms with E-state index in [4.69, 9.17) is 0 Å². The molecule has 0 amide bonds. The highest BCUT2D eigenvalue weighted by atomic mass is 32.1. The molecule has 2 heteroatoms. The second kappa shape index (κ2) is 6.36. The number of rotatable bonds is 5. The van der Waals surface area contributed by atoms with Crippen LogP contribution >= 0.6 is 11.3 Å². The maximum absolute atomic E-state index is 4.27. The van der Waals surface area contributed by atoms with Crippen molar-refractivity contribution in [3.63, 3.8) is 0 Å². The molecule has 1 heterocycles. The third kappa shape index (κ3) is 4.75. The van der Waals surface area contributed by atoms with E-state index in [9.17, 15) is 0 Å². The fraction of sp³-hybridized carbons (Fsp3) is 0.308. The van der Waals surface area contributed by atoms with Gasteiger partial charge in [0.1, 0.15) is 0 Å². The Kier molecular flexibility index (Phi) is 5.05. The van der Waals surface area contributed by atoms with E-state index in [1.54, 1.807) is 11.3 Å². The number of hydrogen-bond donors (Lipinski definition) is 0. The fourth-order valence-electron chi connectivity index (χ4n) is 1.21. The summed E-state index contributed by atoms with van der Waals surface area (Å²) in [4.78, 5) is 4.27. The molecule has 0 bridgehead atoms. The lowest BCUT2D eigenvalue weighted by Crippen LogP contribution is -1.87. The van der Waals surface area contributed by atoms with Gasteiger partial charge in [-0.05, 0) is 26.7 Å². The zero-order chi connectivity index (χ0) is 11.1. The van der Waals surface area contributed by atoms with Gasteiger partial charge in [-0.15, -0.1) is 11.3 Å². The van der Waals surface area contributed by atoms with E-state index in [1.807, 2.05) is 12.4 Å². The molecule has 1 nitrogen and oxygen atoms in total. The van der Waals surface area contributed by atoms with E-state index >= 15 is 0 Å². The van der Waals surface area contributed by atoms with E-state index in [-0.39, 0.29) is 0 Å². The second-order valence-corrected chi connectivity index (χ2v) is 4.24. The summed E-state index contributed by atoms with van der Waals surface area (Å²) in [6, 6.07) is 0. The van der Waals surface area contributed by atoms with Gasteiger partial charge in [0.25, 0.3) is 0 Å². The van der Waals surface area contributed by atoms with Gasteiger partial charge >= 0.3 is 0 Å². The van der Waals surface area contributed by atoms with Crippen molar-refractivity contribution in [1.29, 1.82) is 0 Å². The van der Waals surface area contributed by atoms with E-state index in [2.05, 4.69) is 42.1 Å². The third-order valence-corrected chi connectivity index (χ3v) is 2.74. The molecule has 0 radical (unpaired) electrons. The minimum atomic E-state index is 1.02. The normalized spacial score (nSPS) is 12.3. The number of thiazole rings is 1. The Morgan fingerprint density at radius 3 is 2.87 bits per heavy atom. The van der Waals surface area contributed by atoms with Crippen LogP contribution in [0.15, 0.2) is 46.8 Å². The number of allylic oxidation sites excluding steroid dienone is 5. The molecule has 0 saturated heterocycles. The third-order valence-electron chi connectivity index (χ3n) is 2.11. The average Bonchev–Trinajstić information content (AvgIpc) is 2.70. The first-order valence-electron chi connectivity index (χ1n) is 5.08. The van der Waals surface area contributed by atoms with Crippen LogP contribution in [0.1, 0.15) is 26.0 Å². The number of nitrogens with zero attached hydrogens (tertiary/aromatic N) is 1. The van der Waals surface area contributed by atoms with Crippen molar-refractivity contribution in [2.45, 2.75) is 26.7 Å². The number of hydrogen-bond acceptors (Lipinski definition) is 2. The topological polar surface area (TPSA) is 12.9 Å². The lowest BCUT2D eigenvalue weighted by Gasteiger charge is -1.99. The molecule has 80 valence electrons. The molecule has 0 saturated carbocycles. The van der Waals surface area contributed by atoms with Crippen molar-refractivity contribution < 1.29 is 0 Å². The first kappa shape index (κ1) is 11.9.